The number of hydrogen-bond donors (Lipinski definition) is 2. The molecular formula is C22H26N4O2. The molecule has 0 saturated heterocycles. The molecule has 0 aliphatic carbocycles. The van der Waals surface area contributed by atoms with E-state index < -0.39 is 0 Å². The van der Waals surface area contributed by atoms with E-state index in [1.165, 1.54) is 0 Å². The lowest BCUT2D eigenvalue weighted by Crippen LogP contribution is -2.23. The van der Waals surface area contributed by atoms with Crippen molar-refractivity contribution in [2.45, 2.75) is 13.1 Å². The third-order valence-corrected chi connectivity index (χ3v) is 4.61. The van der Waals surface area contributed by atoms with Gasteiger partial charge in [-0.3, -0.25) is 0 Å². The van der Waals surface area contributed by atoms with Crippen LogP contribution in [-0.2, 0) is 13.1 Å². The highest BCUT2D eigenvalue weighted by Gasteiger charge is 2.14. The van der Waals surface area contributed by atoms with Gasteiger partial charge in [-0.15, -0.1) is 0 Å². The minimum absolute atomic E-state index is 0.632. The normalized spacial score (nSPS) is 10.4. The SMILES string of the molecule is CNc1nccc(N(Cc2ccc(OC)cc2)Cc2ccc(OC)cc2)c1N. The molecule has 1 heterocycles. The van der Waals surface area contributed by atoms with Gasteiger partial charge < -0.3 is 25.4 Å². The quantitative estimate of drug-likeness (QED) is 0.619. The molecule has 28 heavy (non-hydrogen) atoms. The summed E-state index contributed by atoms with van der Waals surface area (Å²) in [5.41, 5.74) is 10.3. The topological polar surface area (TPSA) is 72.6 Å². The van der Waals surface area contributed by atoms with Gasteiger partial charge in [0.05, 0.1) is 25.6 Å². The first kappa shape index (κ1) is 19.4. The summed E-state index contributed by atoms with van der Waals surface area (Å²) in [4.78, 5) is 6.54. The summed E-state index contributed by atoms with van der Waals surface area (Å²) in [5.74, 6) is 2.35. The van der Waals surface area contributed by atoms with Crippen LogP contribution in [-0.4, -0.2) is 26.3 Å². The highest BCUT2D eigenvalue weighted by molar-refractivity contribution is 5.78. The van der Waals surface area contributed by atoms with E-state index in [1.54, 1.807) is 20.4 Å². The van der Waals surface area contributed by atoms with Crippen LogP contribution < -0.4 is 25.4 Å². The summed E-state index contributed by atoms with van der Waals surface area (Å²) in [6.07, 6.45) is 1.77. The Morgan fingerprint density at radius 3 is 1.79 bits per heavy atom. The molecule has 0 atom stereocenters. The Bertz CT molecular complexity index is 846. The Morgan fingerprint density at radius 2 is 1.36 bits per heavy atom. The monoisotopic (exact) mass is 378 g/mol. The second-order valence-electron chi connectivity index (χ2n) is 6.39. The van der Waals surface area contributed by atoms with Crippen molar-refractivity contribution in [2.75, 3.05) is 37.2 Å². The number of nitrogens with two attached hydrogens (primary N) is 1. The Morgan fingerprint density at radius 1 is 0.857 bits per heavy atom. The minimum atomic E-state index is 0.632. The van der Waals surface area contributed by atoms with Gasteiger partial charge in [0, 0.05) is 26.3 Å². The molecule has 6 nitrogen and oxygen atoms in total. The van der Waals surface area contributed by atoms with Gasteiger partial charge in [0.1, 0.15) is 11.5 Å². The van der Waals surface area contributed by atoms with Crippen LogP contribution in [0.15, 0.2) is 60.8 Å². The number of benzene rings is 2. The lowest BCUT2D eigenvalue weighted by atomic mass is 10.1. The zero-order valence-corrected chi connectivity index (χ0v) is 16.5. The molecule has 146 valence electrons. The van der Waals surface area contributed by atoms with Gasteiger partial charge in [-0.25, -0.2) is 4.98 Å². The molecule has 0 unspecified atom stereocenters. The van der Waals surface area contributed by atoms with E-state index in [0.717, 1.165) is 28.3 Å². The first-order valence-electron chi connectivity index (χ1n) is 9.07. The fourth-order valence-corrected chi connectivity index (χ4v) is 3.07. The van der Waals surface area contributed by atoms with Crippen LogP contribution in [0.25, 0.3) is 0 Å². The molecule has 6 heteroatoms. The average Bonchev–Trinajstić information content (AvgIpc) is 2.74. The molecule has 0 aliphatic heterocycles. The van der Waals surface area contributed by atoms with Gasteiger partial charge in [0.15, 0.2) is 5.82 Å². The number of rotatable bonds is 8. The number of ether oxygens (including phenoxy) is 2. The summed E-state index contributed by atoms with van der Waals surface area (Å²) < 4.78 is 10.5. The summed E-state index contributed by atoms with van der Waals surface area (Å²) in [7, 11) is 5.16. The van der Waals surface area contributed by atoms with E-state index in [1.807, 2.05) is 37.4 Å². The maximum atomic E-state index is 6.39. The van der Waals surface area contributed by atoms with Gasteiger partial charge in [-0.1, -0.05) is 24.3 Å². The van der Waals surface area contributed by atoms with Crippen LogP contribution in [0.3, 0.4) is 0 Å². The van der Waals surface area contributed by atoms with Crippen LogP contribution in [0.1, 0.15) is 11.1 Å². The summed E-state index contributed by atoms with van der Waals surface area (Å²) in [6, 6.07) is 18.1. The number of nitrogen functional groups attached to an aromatic ring is 1. The van der Waals surface area contributed by atoms with Crippen molar-refractivity contribution in [2.24, 2.45) is 0 Å². The second kappa shape index (κ2) is 8.99. The molecule has 0 fully saturated rings. The lowest BCUT2D eigenvalue weighted by molar-refractivity contribution is 0.414. The fraction of sp³-hybridized carbons (Fsp3) is 0.227. The molecule has 0 bridgehead atoms. The molecule has 3 N–H and O–H groups in total. The van der Waals surface area contributed by atoms with Crippen LogP contribution in [0, 0.1) is 0 Å². The van der Waals surface area contributed by atoms with E-state index >= 15 is 0 Å². The van der Waals surface area contributed by atoms with Crippen molar-refractivity contribution in [1.29, 1.82) is 0 Å². The highest BCUT2D eigenvalue weighted by atomic mass is 16.5. The minimum Gasteiger partial charge on any atom is -0.497 e. The summed E-state index contributed by atoms with van der Waals surface area (Å²) in [6.45, 7) is 1.40. The average molecular weight is 378 g/mol. The number of nitrogens with zero attached hydrogens (tertiary/aromatic N) is 2. The second-order valence-corrected chi connectivity index (χ2v) is 6.39. The number of aromatic nitrogens is 1. The van der Waals surface area contributed by atoms with Crippen molar-refractivity contribution in [3.8, 4) is 11.5 Å². The maximum Gasteiger partial charge on any atom is 0.151 e. The molecule has 3 rings (SSSR count). The van der Waals surface area contributed by atoms with E-state index in [4.69, 9.17) is 15.2 Å². The Balaban J connectivity index is 1.92. The first-order chi connectivity index (χ1) is 13.6. The predicted octanol–water partition coefficient (Wildman–Crippen LogP) is 3.93. The number of pyridine rings is 1. The maximum absolute atomic E-state index is 6.39. The van der Waals surface area contributed by atoms with Crippen molar-refractivity contribution in [3.63, 3.8) is 0 Å². The van der Waals surface area contributed by atoms with Crippen molar-refractivity contribution in [1.82, 2.24) is 4.98 Å². The number of anilines is 3. The zero-order valence-electron chi connectivity index (χ0n) is 16.5. The van der Waals surface area contributed by atoms with Crippen molar-refractivity contribution >= 4 is 17.2 Å². The predicted molar refractivity (Wildman–Crippen MR) is 114 cm³/mol. The van der Waals surface area contributed by atoms with Crippen LogP contribution in [0.5, 0.6) is 11.5 Å². The molecule has 0 spiro atoms. The van der Waals surface area contributed by atoms with Crippen molar-refractivity contribution < 1.29 is 9.47 Å². The highest BCUT2D eigenvalue weighted by Crippen LogP contribution is 2.31. The van der Waals surface area contributed by atoms with Gasteiger partial charge in [0.25, 0.3) is 0 Å². The molecular weight excluding hydrogens is 352 g/mol. The van der Waals surface area contributed by atoms with E-state index in [9.17, 15) is 0 Å². The largest absolute Gasteiger partial charge is 0.497 e. The molecule has 0 saturated carbocycles. The Kier molecular flexibility index (Phi) is 6.22. The van der Waals surface area contributed by atoms with Gasteiger partial charge in [-0.05, 0) is 41.5 Å². The molecule has 1 aromatic heterocycles. The lowest BCUT2D eigenvalue weighted by Gasteiger charge is -2.27. The number of hydrogen-bond acceptors (Lipinski definition) is 6. The van der Waals surface area contributed by atoms with Crippen LogP contribution in [0.4, 0.5) is 17.2 Å². The Hall–Kier alpha value is -3.41. The van der Waals surface area contributed by atoms with Crippen LogP contribution in [0.2, 0.25) is 0 Å². The number of methoxy groups -OCH3 is 2. The summed E-state index contributed by atoms with van der Waals surface area (Å²) in [5, 5.41) is 3.05. The summed E-state index contributed by atoms with van der Waals surface area (Å²) >= 11 is 0. The van der Waals surface area contributed by atoms with Gasteiger partial charge in [-0.2, -0.15) is 0 Å². The van der Waals surface area contributed by atoms with E-state index in [-0.39, 0.29) is 0 Å². The van der Waals surface area contributed by atoms with E-state index in [2.05, 4.69) is 39.5 Å². The van der Waals surface area contributed by atoms with Crippen LogP contribution >= 0.6 is 0 Å². The number of nitrogens with one attached hydrogen (secondary N) is 1. The molecule has 0 aliphatic rings. The smallest absolute Gasteiger partial charge is 0.151 e. The van der Waals surface area contributed by atoms with Crippen molar-refractivity contribution in [3.05, 3.63) is 71.9 Å². The van der Waals surface area contributed by atoms with E-state index in [0.29, 0.717) is 24.6 Å². The van der Waals surface area contributed by atoms with Gasteiger partial charge >= 0.3 is 0 Å². The third kappa shape index (κ3) is 4.46. The Labute approximate surface area is 165 Å². The third-order valence-electron chi connectivity index (χ3n) is 4.61. The molecule has 2 aromatic carbocycles. The molecule has 0 radical (unpaired) electrons. The zero-order chi connectivity index (χ0) is 19.9. The molecule has 0 amide bonds. The fourth-order valence-electron chi connectivity index (χ4n) is 3.07. The first-order valence-corrected chi connectivity index (χ1v) is 9.07. The standard InChI is InChI=1S/C22H26N4O2/c1-24-22-21(23)20(12-13-25-22)26(14-16-4-8-18(27-2)9-5-16)15-17-6-10-19(28-3)11-7-17/h4-13H,14-15,23H2,1-3H3,(H,24,25). The van der Waals surface area contributed by atoms with Gasteiger partial charge in [0.2, 0.25) is 0 Å². The molecule has 3 aromatic rings.